The molecule has 118 valence electrons. The number of hydrogen-bond acceptors (Lipinski definition) is 5. The van der Waals surface area contributed by atoms with E-state index < -0.39 is 0 Å². The van der Waals surface area contributed by atoms with E-state index >= 15 is 0 Å². The second-order valence-electron chi connectivity index (χ2n) is 5.07. The van der Waals surface area contributed by atoms with Crippen molar-refractivity contribution in [2.75, 3.05) is 11.9 Å². The summed E-state index contributed by atoms with van der Waals surface area (Å²) < 4.78 is 0. The minimum Gasteiger partial charge on any atom is -0.351 e. The van der Waals surface area contributed by atoms with Gasteiger partial charge in [0, 0.05) is 18.3 Å². The molecule has 1 aromatic heterocycles. The van der Waals surface area contributed by atoms with E-state index in [0.717, 1.165) is 24.9 Å². The van der Waals surface area contributed by atoms with Crippen LogP contribution in [-0.2, 0) is 0 Å². The average molecular weight is 309 g/mol. The smallest absolute Gasteiger partial charge is 0.270 e. The number of hydrogen-bond donors (Lipinski definition) is 2. The molecule has 0 aliphatic heterocycles. The molecule has 2 rings (SSSR count). The van der Waals surface area contributed by atoms with Crippen molar-refractivity contribution in [2.24, 2.45) is 0 Å². The third kappa shape index (κ3) is 5.08. The summed E-state index contributed by atoms with van der Waals surface area (Å²) in [4.78, 5) is 20.1. The molecule has 2 N–H and O–H groups in total. The van der Waals surface area contributed by atoms with Crippen molar-refractivity contribution >= 4 is 17.4 Å². The van der Waals surface area contributed by atoms with Crippen molar-refractivity contribution in [3.8, 4) is 6.07 Å². The van der Waals surface area contributed by atoms with Crippen molar-refractivity contribution in [1.82, 2.24) is 15.3 Å². The van der Waals surface area contributed by atoms with Crippen molar-refractivity contribution in [3.63, 3.8) is 0 Å². The molecule has 0 saturated heterocycles. The Hall–Kier alpha value is -2.94. The molecule has 0 saturated carbocycles. The molecule has 1 heterocycles. The van der Waals surface area contributed by atoms with Crippen molar-refractivity contribution in [3.05, 3.63) is 47.9 Å². The Morgan fingerprint density at radius 1 is 1.26 bits per heavy atom. The highest BCUT2D eigenvalue weighted by Gasteiger charge is 2.08. The van der Waals surface area contributed by atoms with E-state index in [2.05, 4.69) is 33.6 Å². The maximum Gasteiger partial charge on any atom is 0.270 e. The monoisotopic (exact) mass is 309 g/mol. The Kier molecular flexibility index (Phi) is 6.07. The normalized spacial score (nSPS) is 9.91. The summed E-state index contributed by atoms with van der Waals surface area (Å²) in [6, 6.07) is 10.7. The van der Waals surface area contributed by atoms with Gasteiger partial charge >= 0.3 is 0 Å². The van der Waals surface area contributed by atoms with Gasteiger partial charge in [-0.15, -0.1) is 0 Å². The Balaban J connectivity index is 2.01. The molecule has 0 radical (unpaired) electrons. The van der Waals surface area contributed by atoms with E-state index in [4.69, 9.17) is 5.26 Å². The van der Waals surface area contributed by atoms with Gasteiger partial charge in [-0.2, -0.15) is 5.26 Å². The lowest BCUT2D eigenvalue weighted by atomic mass is 10.2. The van der Waals surface area contributed by atoms with E-state index in [1.807, 2.05) is 6.07 Å². The van der Waals surface area contributed by atoms with Crippen LogP contribution in [0.4, 0.5) is 11.5 Å². The van der Waals surface area contributed by atoms with E-state index in [1.54, 1.807) is 24.3 Å². The van der Waals surface area contributed by atoms with Crippen molar-refractivity contribution < 1.29 is 4.79 Å². The first-order chi connectivity index (χ1) is 11.2. The summed E-state index contributed by atoms with van der Waals surface area (Å²) in [6.07, 6.45) is 4.50. The van der Waals surface area contributed by atoms with E-state index in [1.165, 1.54) is 6.33 Å². The molecule has 6 nitrogen and oxygen atoms in total. The van der Waals surface area contributed by atoms with Gasteiger partial charge in [-0.3, -0.25) is 4.79 Å². The number of aromatic nitrogens is 2. The summed E-state index contributed by atoms with van der Waals surface area (Å²) in [5.74, 6) is 0.297. The molecule has 0 bridgehead atoms. The summed E-state index contributed by atoms with van der Waals surface area (Å²) in [6.45, 7) is 2.76. The number of carbonyl (C=O) groups is 1. The predicted molar refractivity (Wildman–Crippen MR) is 88.3 cm³/mol. The Morgan fingerprint density at radius 3 is 2.91 bits per heavy atom. The lowest BCUT2D eigenvalue weighted by Crippen LogP contribution is -2.25. The zero-order valence-electron chi connectivity index (χ0n) is 13.0. The van der Waals surface area contributed by atoms with Crippen molar-refractivity contribution in [1.29, 1.82) is 5.26 Å². The van der Waals surface area contributed by atoms with Crippen LogP contribution in [0, 0.1) is 11.3 Å². The Bertz CT molecular complexity index is 708. The van der Waals surface area contributed by atoms with E-state index in [-0.39, 0.29) is 5.91 Å². The van der Waals surface area contributed by atoms with Gasteiger partial charge in [0.25, 0.3) is 5.91 Å². The molecule has 0 aliphatic carbocycles. The number of unbranched alkanes of at least 4 members (excludes halogenated alkanes) is 2. The van der Waals surface area contributed by atoms with E-state index in [0.29, 0.717) is 23.6 Å². The first-order valence-electron chi connectivity index (χ1n) is 7.60. The molecule has 2 aromatic rings. The number of nitrogens with zero attached hydrogens (tertiary/aromatic N) is 3. The molecule has 0 fully saturated rings. The second kappa shape index (κ2) is 8.49. The fraction of sp³-hybridized carbons (Fsp3) is 0.294. The van der Waals surface area contributed by atoms with Gasteiger partial charge in [-0.05, 0) is 24.6 Å². The molecule has 0 spiro atoms. The number of carbonyl (C=O) groups excluding carboxylic acids is 1. The summed E-state index contributed by atoms with van der Waals surface area (Å²) in [7, 11) is 0. The topological polar surface area (TPSA) is 90.7 Å². The molecule has 6 heteroatoms. The van der Waals surface area contributed by atoms with Crippen LogP contribution in [0.3, 0.4) is 0 Å². The molecular formula is C17H19N5O. The SMILES string of the molecule is CCCCCNC(=O)c1cc(Nc2cccc(C#N)c2)ncn1. The van der Waals surface area contributed by atoms with Crippen LogP contribution >= 0.6 is 0 Å². The van der Waals surface area contributed by atoms with Crippen LogP contribution in [0.2, 0.25) is 0 Å². The number of anilines is 2. The summed E-state index contributed by atoms with van der Waals surface area (Å²) >= 11 is 0. The largest absolute Gasteiger partial charge is 0.351 e. The molecule has 1 amide bonds. The Labute approximate surface area is 135 Å². The van der Waals surface area contributed by atoms with Gasteiger partial charge in [-0.25, -0.2) is 9.97 Å². The van der Waals surface area contributed by atoms with Crippen LogP contribution in [0.1, 0.15) is 42.2 Å². The van der Waals surface area contributed by atoms with Gasteiger partial charge in [0.2, 0.25) is 0 Å². The quantitative estimate of drug-likeness (QED) is 0.767. The maximum absolute atomic E-state index is 12.0. The number of nitriles is 1. The molecule has 0 aliphatic rings. The lowest BCUT2D eigenvalue weighted by Gasteiger charge is -2.08. The Morgan fingerprint density at radius 2 is 2.13 bits per heavy atom. The lowest BCUT2D eigenvalue weighted by molar-refractivity contribution is 0.0948. The molecular weight excluding hydrogens is 290 g/mol. The highest BCUT2D eigenvalue weighted by atomic mass is 16.1. The van der Waals surface area contributed by atoms with E-state index in [9.17, 15) is 4.79 Å². The fourth-order valence-electron chi connectivity index (χ4n) is 2.03. The fourth-order valence-corrected chi connectivity index (χ4v) is 2.03. The summed E-state index contributed by atoms with van der Waals surface area (Å²) in [5, 5.41) is 14.8. The minimum atomic E-state index is -0.211. The third-order valence-electron chi connectivity index (χ3n) is 3.23. The first-order valence-corrected chi connectivity index (χ1v) is 7.60. The minimum absolute atomic E-state index is 0.211. The molecule has 0 atom stereocenters. The van der Waals surface area contributed by atoms with Crippen molar-refractivity contribution in [2.45, 2.75) is 26.2 Å². The first kappa shape index (κ1) is 16.4. The van der Waals surface area contributed by atoms with Crippen LogP contribution in [-0.4, -0.2) is 22.4 Å². The maximum atomic E-state index is 12.0. The van der Waals surface area contributed by atoms with Gasteiger partial charge < -0.3 is 10.6 Å². The second-order valence-corrected chi connectivity index (χ2v) is 5.07. The average Bonchev–Trinajstić information content (AvgIpc) is 2.59. The van der Waals surface area contributed by atoms with Crippen LogP contribution in [0.5, 0.6) is 0 Å². The molecule has 23 heavy (non-hydrogen) atoms. The van der Waals surface area contributed by atoms with Gasteiger partial charge in [-0.1, -0.05) is 25.8 Å². The van der Waals surface area contributed by atoms with Crippen LogP contribution in [0.25, 0.3) is 0 Å². The molecule has 0 unspecified atom stereocenters. The molecule has 1 aromatic carbocycles. The third-order valence-corrected chi connectivity index (χ3v) is 3.23. The van der Waals surface area contributed by atoms with Crippen LogP contribution in [0.15, 0.2) is 36.7 Å². The van der Waals surface area contributed by atoms with Gasteiger partial charge in [0.15, 0.2) is 0 Å². The summed E-state index contributed by atoms with van der Waals surface area (Å²) in [5.41, 5.74) is 1.60. The number of amides is 1. The van der Waals surface area contributed by atoms with Gasteiger partial charge in [0.05, 0.1) is 11.6 Å². The highest BCUT2D eigenvalue weighted by Crippen LogP contribution is 2.15. The number of benzene rings is 1. The zero-order chi connectivity index (χ0) is 16.5. The zero-order valence-corrected chi connectivity index (χ0v) is 13.0. The standard InChI is InChI=1S/C17H19N5O/c1-2-3-4-8-19-17(23)15-10-16(21-12-20-15)22-14-7-5-6-13(9-14)11-18/h5-7,9-10,12H,2-4,8H2,1H3,(H,19,23)(H,20,21,22). The predicted octanol–water partition coefficient (Wildman–Crippen LogP) is 3.01. The highest BCUT2D eigenvalue weighted by molar-refractivity contribution is 5.92. The van der Waals surface area contributed by atoms with Gasteiger partial charge in [0.1, 0.15) is 17.8 Å². The van der Waals surface area contributed by atoms with Crippen LogP contribution < -0.4 is 10.6 Å². The number of rotatable bonds is 7. The number of nitrogens with one attached hydrogen (secondary N) is 2.